The summed E-state index contributed by atoms with van der Waals surface area (Å²) in [4.78, 5) is 8.68. The molecule has 0 fully saturated rings. The normalized spacial score (nSPS) is 11.5. The topological polar surface area (TPSA) is 80.3 Å². The molecule has 0 aliphatic heterocycles. The Morgan fingerprint density at radius 3 is 2.67 bits per heavy atom. The summed E-state index contributed by atoms with van der Waals surface area (Å²) in [6.07, 6.45) is 3.40. The monoisotopic (exact) mass is 526 g/mol. The number of halogens is 2. The van der Waals surface area contributed by atoms with Crippen molar-refractivity contribution in [3.8, 4) is 5.69 Å². The van der Waals surface area contributed by atoms with Gasteiger partial charge in [-0.3, -0.25) is 0 Å². The maximum Gasteiger partial charge on any atom is 0.191 e. The number of hydrogen-bond donors (Lipinski definition) is 2. The van der Waals surface area contributed by atoms with Crippen LogP contribution in [0, 0.1) is 12.7 Å². The summed E-state index contributed by atoms with van der Waals surface area (Å²) in [5.41, 5.74) is 2.18. The first-order valence-electron chi connectivity index (χ1n) is 9.74. The Kier molecular flexibility index (Phi) is 8.82. The summed E-state index contributed by atoms with van der Waals surface area (Å²) < 4.78 is 21.6. The second kappa shape index (κ2) is 11.1. The second-order valence-electron chi connectivity index (χ2n) is 7.05. The predicted octanol–water partition coefficient (Wildman–Crippen LogP) is 4.30. The molecule has 0 atom stereocenters. The van der Waals surface area contributed by atoms with Gasteiger partial charge in [-0.05, 0) is 37.5 Å². The number of imidazole rings is 1. The molecule has 9 heteroatoms. The minimum absolute atomic E-state index is 0. The Morgan fingerprint density at radius 2 is 2.07 bits per heavy atom. The van der Waals surface area contributed by atoms with E-state index in [2.05, 4.69) is 39.6 Å². The van der Waals surface area contributed by atoms with Crippen molar-refractivity contribution in [2.45, 2.75) is 46.7 Å². The van der Waals surface area contributed by atoms with Crippen LogP contribution < -0.4 is 10.6 Å². The van der Waals surface area contributed by atoms with E-state index in [0.29, 0.717) is 37.2 Å². The summed E-state index contributed by atoms with van der Waals surface area (Å²) in [5.74, 6) is 2.12. The van der Waals surface area contributed by atoms with Crippen LogP contribution >= 0.6 is 24.0 Å². The van der Waals surface area contributed by atoms with Crippen LogP contribution in [0.15, 0.2) is 46.2 Å². The third-order valence-electron chi connectivity index (χ3n) is 4.46. The molecule has 30 heavy (non-hydrogen) atoms. The van der Waals surface area contributed by atoms with Gasteiger partial charge in [-0.2, -0.15) is 0 Å². The molecule has 3 rings (SSSR count). The highest BCUT2D eigenvalue weighted by atomic mass is 127. The number of hydrogen-bond acceptors (Lipinski definition) is 4. The lowest BCUT2D eigenvalue weighted by Crippen LogP contribution is -2.36. The van der Waals surface area contributed by atoms with Crippen molar-refractivity contribution < 1.29 is 8.91 Å². The molecule has 0 spiro atoms. The Morgan fingerprint density at radius 1 is 1.27 bits per heavy atom. The maximum atomic E-state index is 14.6. The molecule has 2 N–H and O–H groups in total. The van der Waals surface area contributed by atoms with Gasteiger partial charge in [0.2, 0.25) is 0 Å². The minimum Gasteiger partial charge on any atom is -0.359 e. The molecule has 0 radical (unpaired) electrons. The van der Waals surface area contributed by atoms with E-state index in [4.69, 9.17) is 4.52 Å². The average molecular weight is 526 g/mol. The van der Waals surface area contributed by atoms with Crippen LogP contribution in [0.4, 0.5) is 4.39 Å². The van der Waals surface area contributed by atoms with Crippen LogP contribution in [-0.4, -0.2) is 27.2 Å². The number of aromatic nitrogens is 3. The molecule has 3 aromatic rings. The molecule has 0 aliphatic rings. The molecule has 0 saturated heterocycles. The van der Waals surface area contributed by atoms with Gasteiger partial charge in [-0.1, -0.05) is 25.1 Å². The smallest absolute Gasteiger partial charge is 0.191 e. The Balaban J connectivity index is 0.00000320. The fourth-order valence-corrected chi connectivity index (χ4v) is 2.84. The Labute approximate surface area is 193 Å². The van der Waals surface area contributed by atoms with Crippen molar-refractivity contribution in [3.05, 3.63) is 65.3 Å². The average Bonchev–Trinajstić information content (AvgIpc) is 3.33. The summed E-state index contributed by atoms with van der Waals surface area (Å²) in [6, 6.07) is 7.06. The van der Waals surface area contributed by atoms with Crippen molar-refractivity contribution >= 4 is 29.9 Å². The number of benzene rings is 1. The van der Waals surface area contributed by atoms with Crippen molar-refractivity contribution in [3.63, 3.8) is 0 Å². The molecule has 0 saturated carbocycles. The molecule has 0 amide bonds. The summed E-state index contributed by atoms with van der Waals surface area (Å²) >= 11 is 0. The quantitative estimate of drug-likeness (QED) is 0.273. The van der Waals surface area contributed by atoms with Crippen LogP contribution in [-0.2, 0) is 13.1 Å². The van der Waals surface area contributed by atoms with E-state index in [1.165, 1.54) is 6.07 Å². The minimum atomic E-state index is -0.306. The molecule has 2 heterocycles. The van der Waals surface area contributed by atoms with Crippen molar-refractivity contribution in [2.24, 2.45) is 4.99 Å². The largest absolute Gasteiger partial charge is 0.359 e. The fraction of sp³-hybridized carbons (Fsp3) is 0.381. The summed E-state index contributed by atoms with van der Waals surface area (Å²) in [6.45, 7) is 9.50. The highest BCUT2D eigenvalue weighted by Gasteiger charge is 2.10. The first-order valence-corrected chi connectivity index (χ1v) is 9.74. The number of guanidine groups is 1. The third-order valence-corrected chi connectivity index (χ3v) is 4.46. The van der Waals surface area contributed by atoms with Crippen LogP contribution in [0.1, 0.15) is 49.5 Å². The molecule has 7 nitrogen and oxygen atoms in total. The first kappa shape index (κ1) is 23.8. The van der Waals surface area contributed by atoms with Gasteiger partial charge in [0.1, 0.15) is 11.6 Å². The summed E-state index contributed by atoms with van der Waals surface area (Å²) in [7, 11) is 0. The molecular weight excluding hydrogens is 498 g/mol. The SMILES string of the molecule is CCNC(=NCc1ccc(-n2ccnc2C)c(F)c1)NCc1cc(C(C)C)no1.I. The first-order chi connectivity index (χ1) is 14.0. The zero-order chi connectivity index (χ0) is 20.8. The molecule has 0 bridgehead atoms. The fourth-order valence-electron chi connectivity index (χ4n) is 2.84. The van der Waals surface area contributed by atoms with E-state index < -0.39 is 0 Å². The highest BCUT2D eigenvalue weighted by Crippen LogP contribution is 2.17. The van der Waals surface area contributed by atoms with Crippen molar-refractivity contribution in [2.75, 3.05) is 6.54 Å². The molecule has 0 aliphatic carbocycles. The van der Waals surface area contributed by atoms with E-state index in [1.807, 2.05) is 26.0 Å². The third kappa shape index (κ3) is 6.04. The van der Waals surface area contributed by atoms with Crippen molar-refractivity contribution in [1.29, 1.82) is 0 Å². The number of nitrogens with zero attached hydrogens (tertiary/aromatic N) is 4. The van der Waals surface area contributed by atoms with Gasteiger partial charge in [0.15, 0.2) is 11.7 Å². The lowest BCUT2D eigenvalue weighted by atomic mass is 10.1. The predicted molar refractivity (Wildman–Crippen MR) is 126 cm³/mol. The second-order valence-corrected chi connectivity index (χ2v) is 7.05. The number of rotatable bonds is 7. The van der Waals surface area contributed by atoms with E-state index in [0.717, 1.165) is 22.8 Å². The van der Waals surface area contributed by atoms with Crippen LogP contribution in [0.25, 0.3) is 5.69 Å². The molecule has 0 unspecified atom stereocenters. The van der Waals surface area contributed by atoms with Gasteiger partial charge in [0.05, 0.1) is 24.5 Å². The van der Waals surface area contributed by atoms with E-state index >= 15 is 0 Å². The van der Waals surface area contributed by atoms with Crippen LogP contribution in [0.5, 0.6) is 0 Å². The van der Waals surface area contributed by atoms with Crippen LogP contribution in [0.2, 0.25) is 0 Å². The lowest BCUT2D eigenvalue weighted by molar-refractivity contribution is 0.372. The number of nitrogens with one attached hydrogen (secondary N) is 2. The summed E-state index contributed by atoms with van der Waals surface area (Å²) in [5, 5.41) is 10.4. The maximum absolute atomic E-state index is 14.6. The zero-order valence-corrected chi connectivity index (χ0v) is 20.0. The molecule has 2 aromatic heterocycles. The van der Waals surface area contributed by atoms with E-state index in [9.17, 15) is 4.39 Å². The van der Waals surface area contributed by atoms with Gasteiger partial charge in [-0.25, -0.2) is 14.4 Å². The van der Waals surface area contributed by atoms with Gasteiger partial charge in [0, 0.05) is 25.0 Å². The zero-order valence-electron chi connectivity index (χ0n) is 17.6. The van der Waals surface area contributed by atoms with E-state index in [1.54, 1.807) is 23.0 Å². The van der Waals surface area contributed by atoms with Gasteiger partial charge < -0.3 is 19.7 Å². The number of aliphatic imine (C=N–C) groups is 1. The number of aryl methyl sites for hydroxylation is 1. The highest BCUT2D eigenvalue weighted by molar-refractivity contribution is 14.0. The van der Waals surface area contributed by atoms with Crippen LogP contribution in [0.3, 0.4) is 0 Å². The van der Waals surface area contributed by atoms with E-state index in [-0.39, 0.29) is 29.8 Å². The van der Waals surface area contributed by atoms with Crippen molar-refractivity contribution in [1.82, 2.24) is 25.3 Å². The molecule has 162 valence electrons. The molecule has 1 aromatic carbocycles. The Bertz CT molecular complexity index is 982. The van der Waals surface area contributed by atoms with Gasteiger partial charge in [-0.15, -0.1) is 24.0 Å². The van der Waals surface area contributed by atoms with Gasteiger partial charge in [0.25, 0.3) is 0 Å². The van der Waals surface area contributed by atoms with Gasteiger partial charge >= 0.3 is 0 Å². The lowest BCUT2D eigenvalue weighted by Gasteiger charge is -2.11. The molecular formula is C21H28FIN6O. The standard InChI is InChI=1S/C21H27FN6O.HI/c1-5-23-21(26-13-17-11-19(14(2)3)27-29-17)25-12-16-6-7-20(18(22)10-16)28-9-8-24-15(28)4;/h6-11,14H,5,12-13H2,1-4H3,(H2,23,25,26);1H. The Hall–Kier alpha value is -2.43.